The molecule has 0 spiro atoms. The highest BCUT2D eigenvalue weighted by atomic mass is 32.3. The molecule has 0 aliphatic carbocycles. The van der Waals surface area contributed by atoms with E-state index in [4.69, 9.17) is 11.1 Å². The van der Waals surface area contributed by atoms with Crippen LogP contribution in [0.4, 0.5) is 3.89 Å². The Labute approximate surface area is 111 Å². The predicted octanol–water partition coefficient (Wildman–Crippen LogP) is 2.32. The van der Waals surface area contributed by atoms with Gasteiger partial charge in [-0.25, -0.2) is 0 Å². The molecule has 0 aliphatic rings. The van der Waals surface area contributed by atoms with Crippen LogP contribution in [0.2, 0.25) is 0 Å². The molecule has 2 aromatic carbocycles. The monoisotopic (exact) mass is 280 g/mol. The van der Waals surface area contributed by atoms with Gasteiger partial charge in [-0.05, 0) is 12.1 Å². The number of amidine groups is 1. The first-order valence-electron chi connectivity index (χ1n) is 5.30. The van der Waals surface area contributed by atoms with Gasteiger partial charge in [-0.15, -0.1) is 3.89 Å². The highest BCUT2D eigenvalue weighted by molar-refractivity contribution is 7.86. The summed E-state index contributed by atoms with van der Waals surface area (Å²) in [6.07, 6.45) is 0. The number of nitrogens with two attached hydrogens (primary N) is 1. The zero-order valence-electron chi connectivity index (χ0n) is 9.95. The number of nitrogens with one attached hydrogen (secondary N) is 1. The van der Waals surface area contributed by atoms with Crippen molar-refractivity contribution in [1.29, 1.82) is 5.41 Å². The summed E-state index contributed by atoms with van der Waals surface area (Å²) in [6.45, 7) is 0. The van der Waals surface area contributed by atoms with Gasteiger partial charge in [-0.2, -0.15) is 8.42 Å². The maximum absolute atomic E-state index is 12.1. The third kappa shape index (κ3) is 5.31. The quantitative estimate of drug-likeness (QED) is 0.503. The molecule has 0 unspecified atom stereocenters. The smallest absolute Gasteiger partial charge is 0.332 e. The van der Waals surface area contributed by atoms with Crippen LogP contribution in [-0.4, -0.2) is 14.3 Å². The second kappa shape index (κ2) is 6.65. The van der Waals surface area contributed by atoms with E-state index >= 15 is 0 Å². The molecular weight excluding hydrogens is 267 g/mol. The van der Waals surface area contributed by atoms with Crippen molar-refractivity contribution in [2.24, 2.45) is 5.73 Å². The molecule has 0 bridgehead atoms. The van der Waals surface area contributed by atoms with E-state index in [9.17, 15) is 12.3 Å². The summed E-state index contributed by atoms with van der Waals surface area (Å²) < 4.78 is 32.4. The van der Waals surface area contributed by atoms with Crippen LogP contribution in [0.25, 0.3) is 0 Å². The summed E-state index contributed by atoms with van der Waals surface area (Å²) >= 11 is 0. The van der Waals surface area contributed by atoms with Crippen LogP contribution in [0.15, 0.2) is 65.6 Å². The molecule has 0 aromatic heterocycles. The lowest BCUT2D eigenvalue weighted by molar-refractivity contribution is 0.552. The molecular formula is C13H13FN2O2S. The van der Waals surface area contributed by atoms with Gasteiger partial charge in [0.1, 0.15) is 5.84 Å². The van der Waals surface area contributed by atoms with Crippen LogP contribution in [0, 0.1) is 5.41 Å². The molecule has 6 heteroatoms. The van der Waals surface area contributed by atoms with Crippen molar-refractivity contribution in [1.82, 2.24) is 0 Å². The molecule has 100 valence electrons. The first-order chi connectivity index (χ1) is 8.91. The van der Waals surface area contributed by atoms with Gasteiger partial charge in [0.25, 0.3) is 0 Å². The second-order valence-electron chi connectivity index (χ2n) is 3.53. The first kappa shape index (κ1) is 14.8. The fourth-order valence-electron chi connectivity index (χ4n) is 1.20. The molecule has 4 nitrogen and oxygen atoms in total. The maximum atomic E-state index is 12.1. The summed E-state index contributed by atoms with van der Waals surface area (Å²) in [5.74, 6) is 0.121. The Bertz CT molecular complexity index is 628. The molecule has 2 aromatic rings. The summed E-state index contributed by atoms with van der Waals surface area (Å²) in [7, 11) is -4.50. The number of hydrogen-bond acceptors (Lipinski definition) is 3. The van der Waals surface area contributed by atoms with Crippen molar-refractivity contribution in [2.45, 2.75) is 4.90 Å². The average Bonchev–Trinajstić information content (AvgIpc) is 2.40. The number of nitrogen functional groups attached to an aromatic ring is 1. The third-order valence-electron chi connectivity index (χ3n) is 2.11. The third-order valence-corrected chi connectivity index (χ3v) is 2.94. The van der Waals surface area contributed by atoms with Gasteiger partial charge in [0.2, 0.25) is 0 Å². The molecule has 2 rings (SSSR count). The highest BCUT2D eigenvalue weighted by Gasteiger charge is 2.08. The topological polar surface area (TPSA) is 84.0 Å². The van der Waals surface area contributed by atoms with Crippen molar-refractivity contribution in [3.05, 3.63) is 66.2 Å². The molecule has 0 saturated carbocycles. The summed E-state index contributed by atoms with van der Waals surface area (Å²) in [4.78, 5) is -0.296. The summed E-state index contributed by atoms with van der Waals surface area (Å²) in [5, 5.41) is 7.01. The minimum atomic E-state index is -4.50. The van der Waals surface area contributed by atoms with Crippen LogP contribution >= 0.6 is 0 Å². The van der Waals surface area contributed by atoms with Gasteiger partial charge >= 0.3 is 10.2 Å². The van der Waals surface area contributed by atoms with Crippen molar-refractivity contribution in [3.8, 4) is 0 Å². The van der Waals surface area contributed by atoms with E-state index in [1.807, 2.05) is 30.3 Å². The molecule has 19 heavy (non-hydrogen) atoms. The van der Waals surface area contributed by atoms with Gasteiger partial charge in [-0.3, -0.25) is 5.41 Å². The van der Waals surface area contributed by atoms with Gasteiger partial charge in [-0.1, -0.05) is 48.5 Å². The fraction of sp³-hybridized carbons (Fsp3) is 0. The SMILES string of the molecule is N=C(N)c1ccccc1.O=S(=O)(F)c1ccccc1. The van der Waals surface area contributed by atoms with E-state index in [2.05, 4.69) is 0 Å². The van der Waals surface area contributed by atoms with E-state index in [1.165, 1.54) is 24.3 Å². The first-order valence-corrected chi connectivity index (χ1v) is 6.69. The number of benzene rings is 2. The molecule has 0 amide bonds. The lowest BCUT2D eigenvalue weighted by atomic mass is 10.2. The van der Waals surface area contributed by atoms with Crippen molar-refractivity contribution in [2.75, 3.05) is 0 Å². The van der Waals surface area contributed by atoms with Gasteiger partial charge in [0.15, 0.2) is 0 Å². The Kier molecular flexibility index (Phi) is 5.20. The molecule has 0 atom stereocenters. The lowest BCUT2D eigenvalue weighted by Crippen LogP contribution is -2.10. The van der Waals surface area contributed by atoms with Gasteiger partial charge in [0.05, 0.1) is 4.90 Å². The van der Waals surface area contributed by atoms with Crippen LogP contribution in [0.5, 0.6) is 0 Å². The van der Waals surface area contributed by atoms with E-state index < -0.39 is 10.2 Å². The minimum Gasteiger partial charge on any atom is -0.384 e. The fourth-order valence-corrected chi connectivity index (χ4v) is 1.68. The van der Waals surface area contributed by atoms with Crippen LogP contribution in [0.3, 0.4) is 0 Å². The van der Waals surface area contributed by atoms with Crippen molar-refractivity contribution >= 4 is 16.1 Å². The number of hydrogen-bond donors (Lipinski definition) is 2. The largest absolute Gasteiger partial charge is 0.384 e. The van der Waals surface area contributed by atoms with Gasteiger partial charge in [0, 0.05) is 5.56 Å². The molecule has 3 N–H and O–H groups in total. The zero-order chi connectivity index (χ0) is 14.3. The Hall–Kier alpha value is -2.21. The summed E-state index contributed by atoms with van der Waals surface area (Å²) in [6, 6.07) is 16.2. The van der Waals surface area contributed by atoms with Crippen LogP contribution < -0.4 is 5.73 Å². The van der Waals surface area contributed by atoms with Crippen LogP contribution in [0.1, 0.15) is 5.56 Å². The minimum absolute atomic E-state index is 0.121. The van der Waals surface area contributed by atoms with Gasteiger partial charge < -0.3 is 5.73 Å². The number of halogens is 1. The molecule has 0 saturated heterocycles. The summed E-state index contributed by atoms with van der Waals surface area (Å²) in [5.41, 5.74) is 5.97. The predicted molar refractivity (Wildman–Crippen MR) is 72.2 cm³/mol. The Morgan fingerprint density at radius 1 is 0.947 bits per heavy atom. The lowest BCUT2D eigenvalue weighted by Gasteiger charge is -1.93. The van der Waals surface area contributed by atoms with Crippen molar-refractivity contribution in [3.63, 3.8) is 0 Å². The standard InChI is InChI=1S/C7H8N2.C6H5FO2S/c8-7(9)6-4-2-1-3-5-6;7-10(8,9)6-4-2-1-3-5-6/h1-5H,(H3,8,9);1-5H. The maximum Gasteiger partial charge on any atom is 0.332 e. The molecule has 0 heterocycles. The molecule has 0 fully saturated rings. The van der Waals surface area contributed by atoms with E-state index in [1.54, 1.807) is 6.07 Å². The molecule has 0 radical (unpaired) electrons. The Morgan fingerprint density at radius 2 is 1.37 bits per heavy atom. The Balaban J connectivity index is 0.000000191. The molecule has 0 aliphatic heterocycles. The highest BCUT2D eigenvalue weighted by Crippen LogP contribution is 2.09. The Morgan fingerprint density at radius 3 is 1.63 bits per heavy atom. The van der Waals surface area contributed by atoms with E-state index in [-0.39, 0.29) is 10.7 Å². The van der Waals surface area contributed by atoms with E-state index in [0.717, 1.165) is 5.56 Å². The number of rotatable bonds is 2. The van der Waals surface area contributed by atoms with E-state index in [0.29, 0.717) is 0 Å². The average molecular weight is 280 g/mol. The second-order valence-corrected chi connectivity index (χ2v) is 4.88. The normalized spacial score (nSPS) is 10.2. The van der Waals surface area contributed by atoms with Crippen molar-refractivity contribution < 1.29 is 12.3 Å². The zero-order valence-corrected chi connectivity index (χ0v) is 10.8. The van der Waals surface area contributed by atoms with Crippen LogP contribution in [-0.2, 0) is 10.2 Å².